The van der Waals surface area contributed by atoms with E-state index >= 15 is 0 Å². The molecule has 3 aromatic rings. The number of rotatable bonds is 3. The van der Waals surface area contributed by atoms with Crippen molar-refractivity contribution in [3.8, 4) is 0 Å². The predicted molar refractivity (Wildman–Crippen MR) is 98.1 cm³/mol. The second kappa shape index (κ2) is 6.79. The van der Waals surface area contributed by atoms with E-state index in [-0.39, 0.29) is 24.2 Å². The second-order valence-corrected chi connectivity index (χ2v) is 6.44. The van der Waals surface area contributed by atoms with Crippen LogP contribution in [-0.4, -0.2) is 6.71 Å². The molecule has 3 rings (SSSR count). The SMILES string of the molecule is Cc1cc(F)ccc1B(c1ccc(F)cc1C)c1ccc(F)cc1C. The molecular formula is C21H18BF3. The van der Waals surface area contributed by atoms with Gasteiger partial charge >= 0.3 is 0 Å². The van der Waals surface area contributed by atoms with Crippen molar-refractivity contribution in [2.24, 2.45) is 0 Å². The molecule has 0 aliphatic rings. The molecule has 0 aliphatic carbocycles. The first-order valence-corrected chi connectivity index (χ1v) is 8.15. The summed E-state index contributed by atoms with van der Waals surface area (Å²) in [5.41, 5.74) is 5.18. The lowest BCUT2D eigenvalue weighted by atomic mass is 9.35. The molecule has 0 heterocycles. The third-order valence-electron chi connectivity index (χ3n) is 4.63. The quantitative estimate of drug-likeness (QED) is 0.641. The molecular weight excluding hydrogens is 320 g/mol. The number of hydrogen-bond donors (Lipinski definition) is 0. The summed E-state index contributed by atoms with van der Waals surface area (Å²) in [5.74, 6) is -0.898. The van der Waals surface area contributed by atoms with Crippen molar-refractivity contribution in [3.05, 3.63) is 88.7 Å². The third kappa shape index (κ3) is 3.48. The minimum atomic E-state index is -0.299. The fourth-order valence-electron chi connectivity index (χ4n) is 3.39. The molecule has 0 amide bonds. The number of halogens is 3. The van der Waals surface area contributed by atoms with Gasteiger partial charge < -0.3 is 0 Å². The fourth-order valence-corrected chi connectivity index (χ4v) is 3.39. The Morgan fingerprint density at radius 3 is 1.04 bits per heavy atom. The summed E-state index contributed by atoms with van der Waals surface area (Å²) >= 11 is 0. The van der Waals surface area contributed by atoms with Gasteiger partial charge in [0, 0.05) is 0 Å². The van der Waals surface area contributed by atoms with Gasteiger partial charge in [0.25, 0.3) is 0 Å². The maximum atomic E-state index is 13.6. The van der Waals surface area contributed by atoms with Gasteiger partial charge in [0.15, 0.2) is 0 Å². The average Bonchev–Trinajstić information content (AvgIpc) is 2.52. The molecule has 0 saturated carbocycles. The Morgan fingerprint density at radius 2 is 0.800 bits per heavy atom. The van der Waals surface area contributed by atoms with Crippen molar-refractivity contribution in [2.45, 2.75) is 20.8 Å². The van der Waals surface area contributed by atoms with Gasteiger partial charge in [-0.3, -0.25) is 0 Å². The van der Waals surface area contributed by atoms with Crippen molar-refractivity contribution < 1.29 is 13.2 Å². The van der Waals surface area contributed by atoms with E-state index in [0.717, 1.165) is 33.1 Å². The summed E-state index contributed by atoms with van der Waals surface area (Å²) in [7, 11) is 0. The van der Waals surface area contributed by atoms with Crippen LogP contribution in [0.15, 0.2) is 54.6 Å². The van der Waals surface area contributed by atoms with Gasteiger partial charge in [-0.15, -0.1) is 0 Å². The molecule has 0 saturated heterocycles. The summed E-state index contributed by atoms with van der Waals surface area (Å²) < 4.78 is 40.7. The first-order valence-electron chi connectivity index (χ1n) is 8.15. The predicted octanol–water partition coefficient (Wildman–Crippen LogP) is 3.55. The molecule has 0 aromatic heterocycles. The van der Waals surface area contributed by atoms with E-state index in [1.165, 1.54) is 36.4 Å². The Kier molecular flexibility index (Phi) is 4.71. The van der Waals surface area contributed by atoms with E-state index in [1.807, 2.05) is 20.8 Å². The zero-order valence-electron chi connectivity index (χ0n) is 14.4. The van der Waals surface area contributed by atoms with Gasteiger partial charge in [-0.2, -0.15) is 0 Å². The molecule has 0 aliphatic heterocycles. The van der Waals surface area contributed by atoms with E-state index < -0.39 is 0 Å². The van der Waals surface area contributed by atoms with Crippen LogP contribution >= 0.6 is 0 Å². The lowest BCUT2D eigenvalue weighted by molar-refractivity contribution is 0.627. The molecule has 4 heteroatoms. The summed E-state index contributed by atoms with van der Waals surface area (Å²) in [5, 5.41) is 0. The largest absolute Gasteiger partial charge is 0.242 e. The lowest BCUT2D eigenvalue weighted by Gasteiger charge is -2.21. The molecule has 0 atom stereocenters. The molecule has 0 bridgehead atoms. The van der Waals surface area contributed by atoms with Crippen LogP contribution in [0.25, 0.3) is 0 Å². The Morgan fingerprint density at radius 1 is 0.520 bits per heavy atom. The molecule has 25 heavy (non-hydrogen) atoms. The van der Waals surface area contributed by atoms with E-state index in [0.29, 0.717) is 0 Å². The van der Waals surface area contributed by atoms with Crippen LogP contribution in [0.2, 0.25) is 0 Å². The molecule has 0 spiro atoms. The highest BCUT2D eigenvalue weighted by Crippen LogP contribution is 2.09. The molecule has 3 aromatic carbocycles. The van der Waals surface area contributed by atoms with E-state index in [2.05, 4.69) is 0 Å². The molecule has 126 valence electrons. The van der Waals surface area contributed by atoms with E-state index in [9.17, 15) is 13.2 Å². The van der Waals surface area contributed by atoms with Crippen molar-refractivity contribution in [3.63, 3.8) is 0 Å². The summed E-state index contributed by atoms with van der Waals surface area (Å²) in [4.78, 5) is 0. The summed E-state index contributed by atoms with van der Waals surface area (Å²) in [6.45, 7) is 5.33. The van der Waals surface area contributed by atoms with E-state index in [1.54, 1.807) is 18.2 Å². The van der Waals surface area contributed by atoms with Crippen LogP contribution in [-0.2, 0) is 0 Å². The maximum absolute atomic E-state index is 13.6. The molecule has 0 nitrogen and oxygen atoms in total. The van der Waals surface area contributed by atoms with Crippen molar-refractivity contribution in [1.29, 1.82) is 0 Å². The van der Waals surface area contributed by atoms with Crippen LogP contribution < -0.4 is 16.4 Å². The van der Waals surface area contributed by atoms with Crippen LogP contribution in [0.4, 0.5) is 13.2 Å². The Balaban J connectivity index is 2.27. The fraction of sp³-hybridized carbons (Fsp3) is 0.143. The van der Waals surface area contributed by atoms with Crippen molar-refractivity contribution in [1.82, 2.24) is 0 Å². The van der Waals surface area contributed by atoms with Crippen molar-refractivity contribution in [2.75, 3.05) is 0 Å². The standard InChI is InChI=1S/C21H18BF3/c1-13-10-16(23)4-7-19(13)22(20-8-5-17(24)11-14(20)2)21-9-6-18(25)12-15(21)3/h4-12H,1-3H3. The third-order valence-corrected chi connectivity index (χ3v) is 4.63. The molecule has 0 unspecified atom stereocenters. The highest BCUT2D eigenvalue weighted by atomic mass is 19.1. The van der Waals surface area contributed by atoms with Crippen LogP contribution in [0.3, 0.4) is 0 Å². The van der Waals surface area contributed by atoms with Crippen LogP contribution in [0.5, 0.6) is 0 Å². The van der Waals surface area contributed by atoms with Crippen molar-refractivity contribution >= 4 is 23.1 Å². The molecule has 0 radical (unpaired) electrons. The first kappa shape index (κ1) is 17.3. The maximum Gasteiger partial charge on any atom is 0.242 e. The normalized spacial score (nSPS) is 10.8. The van der Waals surface area contributed by atoms with Gasteiger partial charge in [0.05, 0.1) is 0 Å². The van der Waals surface area contributed by atoms with Gasteiger partial charge in [-0.1, -0.05) is 51.3 Å². The number of benzene rings is 3. The van der Waals surface area contributed by atoms with Crippen LogP contribution in [0.1, 0.15) is 16.7 Å². The minimum absolute atomic E-state index is 0.221. The Labute approximate surface area is 146 Å². The number of aryl methyl sites for hydroxylation is 3. The van der Waals surface area contributed by atoms with Crippen LogP contribution in [0, 0.1) is 38.2 Å². The summed E-state index contributed by atoms with van der Waals surface area (Å²) in [6, 6.07) is 14.0. The topological polar surface area (TPSA) is 0 Å². The second-order valence-electron chi connectivity index (χ2n) is 6.44. The molecule has 0 fully saturated rings. The van der Waals surface area contributed by atoms with Gasteiger partial charge in [0.2, 0.25) is 6.71 Å². The zero-order valence-corrected chi connectivity index (χ0v) is 14.4. The number of hydrogen-bond acceptors (Lipinski definition) is 0. The monoisotopic (exact) mass is 338 g/mol. The minimum Gasteiger partial charge on any atom is -0.207 e. The Hall–Kier alpha value is -2.49. The highest BCUT2D eigenvalue weighted by Gasteiger charge is 2.26. The lowest BCUT2D eigenvalue weighted by Crippen LogP contribution is -2.54. The molecule has 0 N–H and O–H groups in total. The first-order chi connectivity index (χ1) is 11.9. The summed E-state index contributed by atoms with van der Waals surface area (Å²) in [6.07, 6.45) is 0. The van der Waals surface area contributed by atoms with E-state index in [4.69, 9.17) is 0 Å². The van der Waals surface area contributed by atoms with Gasteiger partial charge in [-0.05, 0) is 57.2 Å². The smallest absolute Gasteiger partial charge is 0.207 e. The zero-order chi connectivity index (χ0) is 18.1. The Bertz CT molecular complexity index is 812. The van der Waals surface area contributed by atoms with Gasteiger partial charge in [-0.25, -0.2) is 13.2 Å². The highest BCUT2D eigenvalue weighted by molar-refractivity contribution is 6.96. The average molecular weight is 338 g/mol. The van der Waals surface area contributed by atoms with Gasteiger partial charge in [0.1, 0.15) is 17.5 Å².